The molecular weight excluding hydrogens is 388 g/mol. The molecular formula is C18H22N2O5S2. The van der Waals surface area contributed by atoms with Gasteiger partial charge in [-0.2, -0.15) is 0 Å². The minimum Gasteiger partial charge on any atom is -0.468 e. The Morgan fingerprint density at radius 3 is 2.56 bits per heavy atom. The van der Waals surface area contributed by atoms with Crippen LogP contribution in [0.1, 0.15) is 43.1 Å². The lowest BCUT2D eigenvalue weighted by Crippen LogP contribution is -2.46. The van der Waals surface area contributed by atoms with Gasteiger partial charge in [0.25, 0.3) is 0 Å². The molecule has 1 aliphatic rings. The van der Waals surface area contributed by atoms with E-state index in [1.165, 1.54) is 12.3 Å². The van der Waals surface area contributed by atoms with E-state index in [1.807, 2.05) is 0 Å². The van der Waals surface area contributed by atoms with E-state index in [0.717, 1.165) is 43.4 Å². The Hall–Kier alpha value is -2.13. The van der Waals surface area contributed by atoms with Gasteiger partial charge in [-0.15, -0.1) is 11.3 Å². The van der Waals surface area contributed by atoms with Crippen molar-refractivity contribution in [3.8, 4) is 0 Å². The van der Waals surface area contributed by atoms with Gasteiger partial charge in [-0.3, -0.25) is 9.59 Å². The fourth-order valence-corrected chi connectivity index (χ4v) is 5.96. The van der Waals surface area contributed by atoms with E-state index < -0.39 is 26.9 Å². The van der Waals surface area contributed by atoms with Gasteiger partial charge < -0.3 is 15.1 Å². The first-order chi connectivity index (χ1) is 13.0. The van der Waals surface area contributed by atoms with E-state index in [2.05, 4.69) is 10.6 Å². The fraction of sp³-hybridized carbons (Fsp3) is 0.444. The van der Waals surface area contributed by atoms with Gasteiger partial charge in [0.05, 0.1) is 6.26 Å². The van der Waals surface area contributed by atoms with Gasteiger partial charge in [-0.25, -0.2) is 8.42 Å². The molecule has 0 radical (unpaired) electrons. The van der Waals surface area contributed by atoms with Crippen LogP contribution in [0.2, 0.25) is 0 Å². The summed E-state index contributed by atoms with van der Waals surface area (Å²) in [5, 5.41) is 5.73. The van der Waals surface area contributed by atoms with Crippen LogP contribution in [0.4, 0.5) is 0 Å². The van der Waals surface area contributed by atoms with Crippen molar-refractivity contribution in [1.29, 1.82) is 0 Å². The third kappa shape index (κ3) is 4.78. The zero-order valence-electron chi connectivity index (χ0n) is 14.7. The van der Waals surface area contributed by atoms with Crippen LogP contribution in [0.15, 0.2) is 44.5 Å². The first-order valence-electron chi connectivity index (χ1n) is 8.88. The molecule has 0 spiro atoms. The maximum Gasteiger partial charge on any atom is 0.309 e. The Kier molecular flexibility index (Phi) is 6.33. The number of carbonyl (C=O) groups is 2. The molecule has 0 bridgehead atoms. The second-order valence-corrected chi connectivity index (χ2v) is 9.80. The van der Waals surface area contributed by atoms with E-state index in [9.17, 15) is 18.0 Å². The summed E-state index contributed by atoms with van der Waals surface area (Å²) in [7, 11) is -3.75. The molecule has 0 unspecified atom stereocenters. The maximum absolute atomic E-state index is 12.9. The molecule has 1 saturated carbocycles. The molecule has 27 heavy (non-hydrogen) atoms. The first-order valence-corrected chi connectivity index (χ1v) is 11.3. The topological polar surface area (TPSA) is 105 Å². The highest BCUT2D eigenvalue weighted by Crippen LogP contribution is 2.31. The molecule has 2 N–H and O–H groups in total. The lowest BCUT2D eigenvalue weighted by Gasteiger charge is -2.22. The van der Waals surface area contributed by atoms with Crippen molar-refractivity contribution in [3.63, 3.8) is 0 Å². The Morgan fingerprint density at radius 1 is 1.15 bits per heavy atom. The average molecular weight is 411 g/mol. The van der Waals surface area contributed by atoms with Crippen LogP contribution in [0, 0.1) is 0 Å². The predicted molar refractivity (Wildman–Crippen MR) is 101 cm³/mol. The van der Waals surface area contributed by atoms with Crippen LogP contribution in [-0.4, -0.2) is 32.8 Å². The standard InChI is InChI=1S/C18H22N2O5S2/c21-17(18(22)20-13-6-2-1-3-7-13)19-12-15(14-8-4-10-25-14)27(23,24)16-9-5-11-26-16/h4-5,8-11,13,15H,1-3,6-7,12H2,(H,19,21)(H,20,22)/t15-/m1/s1. The summed E-state index contributed by atoms with van der Waals surface area (Å²) in [5.74, 6) is -1.34. The lowest BCUT2D eigenvalue weighted by molar-refractivity contribution is -0.139. The second kappa shape index (κ2) is 8.71. The van der Waals surface area contributed by atoms with E-state index in [1.54, 1.807) is 23.6 Å². The largest absolute Gasteiger partial charge is 0.468 e. The molecule has 3 rings (SSSR count). The summed E-state index contributed by atoms with van der Waals surface area (Å²) in [6, 6.07) is 6.29. The molecule has 0 aromatic carbocycles. The van der Waals surface area contributed by atoms with Crippen LogP contribution in [0.5, 0.6) is 0 Å². The SMILES string of the molecule is O=C(NC[C@H](c1ccco1)S(=O)(=O)c1cccs1)C(=O)NC1CCCCC1. The number of hydrogen-bond donors (Lipinski definition) is 2. The van der Waals surface area contributed by atoms with Gasteiger partial charge in [0.15, 0.2) is 9.84 Å². The quantitative estimate of drug-likeness (QED) is 0.712. The van der Waals surface area contributed by atoms with Crippen molar-refractivity contribution < 1.29 is 22.4 Å². The highest BCUT2D eigenvalue weighted by atomic mass is 32.2. The smallest absolute Gasteiger partial charge is 0.309 e. The molecule has 9 heteroatoms. The van der Waals surface area contributed by atoms with Crippen molar-refractivity contribution in [1.82, 2.24) is 10.6 Å². The van der Waals surface area contributed by atoms with Crippen LogP contribution < -0.4 is 10.6 Å². The molecule has 1 atom stereocenters. The normalized spacial score (nSPS) is 16.6. The predicted octanol–water partition coefficient (Wildman–Crippen LogP) is 2.42. The van der Waals surface area contributed by atoms with Crippen LogP contribution in [-0.2, 0) is 19.4 Å². The van der Waals surface area contributed by atoms with Crippen molar-refractivity contribution in [2.24, 2.45) is 0 Å². The molecule has 2 amide bonds. The van der Waals surface area contributed by atoms with E-state index in [4.69, 9.17) is 4.42 Å². The third-order valence-electron chi connectivity index (χ3n) is 4.61. The molecule has 1 aliphatic carbocycles. The number of nitrogens with one attached hydrogen (secondary N) is 2. The first kappa shape index (κ1) is 19.6. The van der Waals surface area contributed by atoms with E-state index in [-0.39, 0.29) is 22.6 Å². The minimum absolute atomic E-state index is 0.00715. The van der Waals surface area contributed by atoms with Crippen LogP contribution in [0.25, 0.3) is 0 Å². The molecule has 2 aromatic rings. The van der Waals surface area contributed by atoms with Crippen LogP contribution in [0.3, 0.4) is 0 Å². The summed E-state index contributed by atoms with van der Waals surface area (Å²) in [5.41, 5.74) is 0. The molecule has 1 fully saturated rings. The summed E-state index contributed by atoms with van der Waals surface area (Å²) in [6.07, 6.45) is 6.31. The number of amides is 2. The molecule has 7 nitrogen and oxygen atoms in total. The van der Waals surface area contributed by atoms with Crippen molar-refractivity contribution in [3.05, 3.63) is 41.7 Å². The second-order valence-electron chi connectivity index (χ2n) is 6.50. The number of sulfone groups is 1. The highest BCUT2D eigenvalue weighted by molar-refractivity contribution is 7.93. The maximum atomic E-state index is 12.9. The number of rotatable bonds is 6. The van der Waals surface area contributed by atoms with Gasteiger partial charge in [0.2, 0.25) is 0 Å². The van der Waals surface area contributed by atoms with Crippen LogP contribution >= 0.6 is 11.3 Å². The summed E-state index contributed by atoms with van der Waals surface area (Å²) in [6.45, 7) is -0.245. The average Bonchev–Trinajstić information content (AvgIpc) is 3.36. The lowest BCUT2D eigenvalue weighted by atomic mass is 9.95. The van der Waals surface area contributed by atoms with Gasteiger partial charge in [0.1, 0.15) is 15.2 Å². The Labute approximate surface area is 162 Å². The fourth-order valence-electron chi connectivity index (χ4n) is 3.17. The van der Waals surface area contributed by atoms with Gasteiger partial charge in [0, 0.05) is 12.6 Å². The summed E-state index contributed by atoms with van der Waals surface area (Å²) < 4.78 is 31.2. The molecule has 0 saturated heterocycles. The zero-order chi connectivity index (χ0) is 19.3. The Bertz CT molecular complexity index is 854. The van der Waals surface area contributed by atoms with Crippen molar-refractivity contribution in [2.75, 3.05) is 6.54 Å². The van der Waals surface area contributed by atoms with Gasteiger partial charge >= 0.3 is 11.8 Å². The Balaban J connectivity index is 1.66. The van der Waals surface area contributed by atoms with E-state index >= 15 is 0 Å². The van der Waals surface area contributed by atoms with E-state index in [0.29, 0.717) is 0 Å². The van der Waals surface area contributed by atoms with Gasteiger partial charge in [-0.1, -0.05) is 25.3 Å². The highest BCUT2D eigenvalue weighted by Gasteiger charge is 2.33. The third-order valence-corrected chi connectivity index (χ3v) is 8.10. The Morgan fingerprint density at radius 2 is 1.93 bits per heavy atom. The molecule has 2 aromatic heterocycles. The summed E-state index contributed by atoms with van der Waals surface area (Å²) >= 11 is 1.10. The van der Waals surface area contributed by atoms with Gasteiger partial charge in [-0.05, 0) is 36.4 Å². The number of thiophene rings is 1. The number of furan rings is 1. The molecule has 146 valence electrons. The minimum atomic E-state index is -3.75. The zero-order valence-corrected chi connectivity index (χ0v) is 16.4. The van der Waals surface area contributed by atoms with Crippen molar-refractivity contribution >= 4 is 33.0 Å². The number of hydrogen-bond acceptors (Lipinski definition) is 6. The summed E-state index contributed by atoms with van der Waals surface area (Å²) in [4.78, 5) is 24.3. The molecule has 2 heterocycles. The number of carbonyl (C=O) groups excluding carboxylic acids is 2. The van der Waals surface area contributed by atoms with Crippen molar-refractivity contribution in [2.45, 2.75) is 47.6 Å². The monoisotopic (exact) mass is 410 g/mol. The molecule has 0 aliphatic heterocycles.